The van der Waals surface area contributed by atoms with Gasteiger partial charge in [-0.3, -0.25) is 0 Å². The summed E-state index contributed by atoms with van der Waals surface area (Å²) >= 11 is 0. The number of hydrogen-bond acceptors (Lipinski definition) is 0. The van der Waals surface area contributed by atoms with Crippen LogP contribution in [0.25, 0.3) is 0 Å². The van der Waals surface area contributed by atoms with Crippen LogP contribution in [0.1, 0.15) is 6.42 Å². The van der Waals surface area contributed by atoms with Gasteiger partial charge < -0.3 is 0 Å². The van der Waals surface area contributed by atoms with E-state index in [0.29, 0.717) is 0 Å². The third kappa shape index (κ3) is 0.459. The van der Waals surface area contributed by atoms with E-state index in [-0.39, 0.29) is 0 Å². The normalized spacial score (nSPS) is 18.3. The van der Waals surface area contributed by atoms with Gasteiger partial charge in [-0.05, 0) is 6.58 Å². The second-order valence-electron chi connectivity index (χ2n) is 1.46. The first-order valence-electron chi connectivity index (χ1n) is 2.07. The van der Waals surface area contributed by atoms with Crippen molar-refractivity contribution in [3.8, 4) is 0 Å². The average molecular weight is 79.1 g/mol. The zero-order chi connectivity index (χ0) is 4.41. The summed E-state index contributed by atoms with van der Waals surface area (Å²) in [5.41, 5.74) is 1.22. The van der Waals surface area contributed by atoms with Gasteiger partial charge in [0, 0.05) is 18.6 Å². The quantitative estimate of drug-likeness (QED) is 0.388. The first-order chi connectivity index (χ1) is 2.89. The lowest BCUT2D eigenvalue weighted by Gasteiger charge is -1.71. The zero-order valence-corrected chi connectivity index (χ0v) is 3.65. The molecule has 0 heteroatoms. The Morgan fingerprint density at radius 2 is 2.67 bits per heavy atom. The summed E-state index contributed by atoms with van der Waals surface area (Å²) < 4.78 is 0. The Labute approximate surface area is 38.2 Å². The fourth-order valence-corrected chi connectivity index (χ4v) is 0.492. The van der Waals surface area contributed by atoms with E-state index in [1.807, 2.05) is 12.5 Å². The SMILES string of the molecule is C=C1[CH+]C=CC1. The van der Waals surface area contributed by atoms with E-state index < -0.39 is 0 Å². The summed E-state index contributed by atoms with van der Waals surface area (Å²) in [4.78, 5) is 0. The number of rotatable bonds is 0. The van der Waals surface area contributed by atoms with E-state index >= 15 is 0 Å². The van der Waals surface area contributed by atoms with E-state index in [1.54, 1.807) is 0 Å². The van der Waals surface area contributed by atoms with E-state index in [1.165, 1.54) is 5.57 Å². The zero-order valence-electron chi connectivity index (χ0n) is 3.65. The van der Waals surface area contributed by atoms with E-state index in [9.17, 15) is 0 Å². The molecule has 0 spiro atoms. The minimum atomic E-state index is 1.06. The molecule has 0 bridgehead atoms. The van der Waals surface area contributed by atoms with Crippen LogP contribution in [-0.4, -0.2) is 0 Å². The maximum Gasteiger partial charge on any atom is 0.0690 e. The van der Waals surface area contributed by atoms with Gasteiger partial charge in [-0.1, -0.05) is 0 Å². The van der Waals surface area contributed by atoms with Gasteiger partial charge in [0.2, 0.25) is 0 Å². The lowest BCUT2D eigenvalue weighted by atomic mass is 10.3. The highest BCUT2D eigenvalue weighted by Gasteiger charge is 2.01. The highest BCUT2D eigenvalue weighted by molar-refractivity contribution is 5.27. The van der Waals surface area contributed by atoms with Crippen LogP contribution >= 0.6 is 0 Å². The van der Waals surface area contributed by atoms with Gasteiger partial charge in [-0.25, -0.2) is 0 Å². The Bertz CT molecular complexity index is 78.2. The van der Waals surface area contributed by atoms with Crippen molar-refractivity contribution in [2.24, 2.45) is 0 Å². The molecular weight excluding hydrogens is 72.1 g/mol. The Hall–Kier alpha value is -0.650. The molecule has 0 aromatic rings. The molecule has 0 heterocycles. The Kier molecular flexibility index (Phi) is 0.714. The molecular formula is C6H7+. The molecule has 0 radical (unpaired) electrons. The summed E-state index contributed by atoms with van der Waals surface area (Å²) in [6.07, 6.45) is 7.21. The Morgan fingerprint density at radius 1 is 1.83 bits per heavy atom. The van der Waals surface area contributed by atoms with Crippen molar-refractivity contribution in [2.45, 2.75) is 6.42 Å². The molecule has 0 atom stereocenters. The minimum absolute atomic E-state index is 1.06. The van der Waals surface area contributed by atoms with E-state index in [0.717, 1.165) is 6.42 Å². The van der Waals surface area contributed by atoms with Gasteiger partial charge in [0.1, 0.15) is 0 Å². The summed E-state index contributed by atoms with van der Waals surface area (Å²) in [6, 6.07) is 0. The monoisotopic (exact) mass is 79.1 g/mol. The summed E-state index contributed by atoms with van der Waals surface area (Å²) in [6.45, 7) is 3.74. The predicted molar refractivity (Wildman–Crippen MR) is 27.2 cm³/mol. The highest BCUT2D eigenvalue weighted by Crippen LogP contribution is 2.11. The van der Waals surface area contributed by atoms with Crippen LogP contribution in [-0.2, 0) is 0 Å². The highest BCUT2D eigenvalue weighted by atomic mass is 14.0. The summed E-state index contributed by atoms with van der Waals surface area (Å²) in [7, 11) is 0. The first kappa shape index (κ1) is 3.54. The van der Waals surface area contributed by atoms with E-state index in [2.05, 4.69) is 12.7 Å². The maximum atomic E-state index is 3.74. The molecule has 0 aromatic carbocycles. The van der Waals surface area contributed by atoms with Crippen LogP contribution in [0, 0.1) is 6.42 Å². The topological polar surface area (TPSA) is 0 Å². The molecule has 0 saturated heterocycles. The Morgan fingerprint density at radius 3 is 2.83 bits per heavy atom. The third-order valence-corrected chi connectivity index (χ3v) is 0.848. The van der Waals surface area contributed by atoms with Crippen LogP contribution in [0.15, 0.2) is 24.3 Å². The van der Waals surface area contributed by atoms with Crippen LogP contribution in [0.4, 0.5) is 0 Å². The van der Waals surface area contributed by atoms with Crippen molar-refractivity contribution in [1.29, 1.82) is 0 Å². The van der Waals surface area contributed by atoms with Crippen LogP contribution < -0.4 is 0 Å². The molecule has 6 heavy (non-hydrogen) atoms. The van der Waals surface area contributed by atoms with Gasteiger partial charge in [-0.2, -0.15) is 0 Å². The van der Waals surface area contributed by atoms with Crippen LogP contribution in [0.5, 0.6) is 0 Å². The molecule has 0 fully saturated rings. The van der Waals surface area contributed by atoms with Crippen molar-refractivity contribution in [3.05, 3.63) is 30.7 Å². The molecule has 0 unspecified atom stereocenters. The molecule has 0 N–H and O–H groups in total. The fraction of sp³-hybridized carbons (Fsp3) is 0.167. The third-order valence-electron chi connectivity index (χ3n) is 0.848. The van der Waals surface area contributed by atoms with Gasteiger partial charge >= 0.3 is 0 Å². The van der Waals surface area contributed by atoms with Crippen molar-refractivity contribution >= 4 is 0 Å². The maximum absolute atomic E-state index is 3.74. The molecule has 1 aliphatic rings. The molecule has 30 valence electrons. The van der Waals surface area contributed by atoms with Crippen molar-refractivity contribution < 1.29 is 0 Å². The molecule has 0 saturated carbocycles. The number of allylic oxidation sites excluding steroid dienone is 3. The van der Waals surface area contributed by atoms with Gasteiger partial charge in [0.05, 0.1) is 12.0 Å². The molecule has 1 rings (SSSR count). The standard InChI is InChI=1S/C6H7/c1-6-4-2-3-5-6/h2-4H,1,5H2/q+1. The summed E-state index contributed by atoms with van der Waals surface area (Å²) in [5, 5.41) is 0. The smallest absolute Gasteiger partial charge is 0.00814 e. The predicted octanol–water partition coefficient (Wildman–Crippen LogP) is 1.71. The van der Waals surface area contributed by atoms with Gasteiger partial charge in [-0.15, -0.1) is 0 Å². The molecule has 0 nitrogen and oxygen atoms in total. The Balaban J connectivity index is 2.52. The van der Waals surface area contributed by atoms with Crippen molar-refractivity contribution in [2.75, 3.05) is 0 Å². The summed E-state index contributed by atoms with van der Waals surface area (Å²) in [5.74, 6) is 0. The minimum Gasteiger partial charge on any atom is -0.00814 e. The van der Waals surface area contributed by atoms with Crippen molar-refractivity contribution in [3.63, 3.8) is 0 Å². The molecule has 0 amide bonds. The number of hydrogen-bond donors (Lipinski definition) is 0. The second-order valence-corrected chi connectivity index (χ2v) is 1.46. The van der Waals surface area contributed by atoms with Gasteiger partial charge in [0.25, 0.3) is 0 Å². The second kappa shape index (κ2) is 1.21. The lowest BCUT2D eigenvalue weighted by Crippen LogP contribution is -1.62. The lowest BCUT2D eigenvalue weighted by molar-refractivity contribution is 1.34. The van der Waals surface area contributed by atoms with Crippen LogP contribution in [0.2, 0.25) is 0 Å². The largest absolute Gasteiger partial charge is 0.0690 e. The molecule has 1 aliphatic carbocycles. The first-order valence-corrected chi connectivity index (χ1v) is 2.07. The fourth-order valence-electron chi connectivity index (χ4n) is 0.492. The van der Waals surface area contributed by atoms with Gasteiger partial charge in [0.15, 0.2) is 0 Å². The molecule has 0 aliphatic heterocycles. The molecule has 0 aromatic heterocycles. The van der Waals surface area contributed by atoms with E-state index in [4.69, 9.17) is 0 Å². The van der Waals surface area contributed by atoms with Crippen LogP contribution in [0.3, 0.4) is 0 Å². The van der Waals surface area contributed by atoms with Crippen molar-refractivity contribution in [1.82, 2.24) is 0 Å². The average Bonchev–Trinajstić information content (AvgIpc) is 1.86.